The highest BCUT2D eigenvalue weighted by molar-refractivity contribution is 9.10. The second-order valence-corrected chi connectivity index (χ2v) is 3.34. The Bertz CT molecular complexity index is 392. The third-order valence-corrected chi connectivity index (χ3v) is 2.26. The second kappa shape index (κ2) is 2.34. The first-order chi connectivity index (χ1) is 5.27. The largest absolute Gasteiger partial charge is 0.346 e. The van der Waals surface area contributed by atoms with E-state index in [9.17, 15) is 0 Å². The predicted octanol–water partition coefficient (Wildman–Crippen LogP) is 2.63. The quantitative estimate of drug-likeness (QED) is 0.712. The minimum absolute atomic E-state index is 0.942. The summed E-state index contributed by atoms with van der Waals surface area (Å²) in [5.74, 6) is 0. The molecule has 1 N–H and O–H groups in total. The molecule has 3 heteroatoms. The Morgan fingerprint density at radius 1 is 1.55 bits per heavy atom. The molecule has 2 heterocycles. The Kier molecular flexibility index (Phi) is 1.46. The van der Waals surface area contributed by atoms with Crippen LogP contribution in [0.15, 0.2) is 22.8 Å². The van der Waals surface area contributed by atoms with E-state index in [0.717, 1.165) is 21.2 Å². The fraction of sp³-hybridized carbons (Fsp3) is 0.125. The maximum Gasteiger partial charge on any atom is 0.138 e. The Balaban J connectivity index is 2.91. The first-order valence-electron chi connectivity index (χ1n) is 3.37. The molecule has 0 aromatic carbocycles. The third kappa shape index (κ3) is 1.05. The highest BCUT2D eigenvalue weighted by atomic mass is 79.9. The van der Waals surface area contributed by atoms with E-state index in [4.69, 9.17) is 0 Å². The maximum atomic E-state index is 4.31. The van der Waals surface area contributed by atoms with Gasteiger partial charge in [0.05, 0.1) is 0 Å². The van der Waals surface area contributed by atoms with E-state index in [1.54, 1.807) is 0 Å². The minimum Gasteiger partial charge on any atom is -0.346 e. The highest BCUT2D eigenvalue weighted by Gasteiger charge is 2.00. The molecular formula is C8H7BrN2. The van der Waals surface area contributed by atoms with Gasteiger partial charge in [0.2, 0.25) is 0 Å². The second-order valence-electron chi connectivity index (χ2n) is 2.49. The number of rotatable bonds is 0. The van der Waals surface area contributed by atoms with Crippen LogP contribution in [-0.4, -0.2) is 9.97 Å². The number of aromatic amines is 1. The molecule has 2 rings (SSSR count). The smallest absolute Gasteiger partial charge is 0.138 e. The van der Waals surface area contributed by atoms with Crippen LogP contribution in [0, 0.1) is 6.92 Å². The molecule has 0 aliphatic rings. The van der Waals surface area contributed by atoms with Gasteiger partial charge in [0, 0.05) is 21.7 Å². The first-order valence-corrected chi connectivity index (χ1v) is 4.17. The summed E-state index contributed by atoms with van der Waals surface area (Å²) in [4.78, 5) is 7.37. The van der Waals surface area contributed by atoms with Crippen LogP contribution in [0.3, 0.4) is 0 Å². The van der Waals surface area contributed by atoms with Gasteiger partial charge in [-0.05, 0) is 35.0 Å². The van der Waals surface area contributed by atoms with Gasteiger partial charge in [0.1, 0.15) is 5.65 Å². The van der Waals surface area contributed by atoms with Gasteiger partial charge in [-0.2, -0.15) is 0 Å². The van der Waals surface area contributed by atoms with Gasteiger partial charge in [0.15, 0.2) is 0 Å². The Morgan fingerprint density at radius 2 is 2.36 bits per heavy atom. The number of nitrogens with zero attached hydrogens (tertiary/aromatic N) is 1. The molecule has 2 aromatic rings. The van der Waals surface area contributed by atoms with Crippen LogP contribution in [0.2, 0.25) is 0 Å². The zero-order valence-corrected chi connectivity index (χ0v) is 7.64. The number of fused-ring (bicyclic) bond motifs is 1. The van der Waals surface area contributed by atoms with E-state index in [1.165, 1.54) is 0 Å². The van der Waals surface area contributed by atoms with Crippen molar-refractivity contribution >= 4 is 27.0 Å². The lowest BCUT2D eigenvalue weighted by atomic mass is 10.3. The van der Waals surface area contributed by atoms with Gasteiger partial charge in [-0.25, -0.2) is 4.98 Å². The molecule has 0 saturated heterocycles. The molecule has 56 valence electrons. The monoisotopic (exact) mass is 210 g/mol. The van der Waals surface area contributed by atoms with Gasteiger partial charge >= 0.3 is 0 Å². The van der Waals surface area contributed by atoms with Crippen molar-refractivity contribution in [3.8, 4) is 0 Å². The molecule has 0 spiro atoms. The summed E-state index contributed by atoms with van der Waals surface area (Å²) in [7, 11) is 0. The summed E-state index contributed by atoms with van der Waals surface area (Å²) >= 11 is 3.47. The van der Waals surface area contributed by atoms with Crippen LogP contribution < -0.4 is 0 Å². The van der Waals surface area contributed by atoms with Crippen LogP contribution in [0.4, 0.5) is 0 Å². The number of aromatic nitrogens is 2. The zero-order valence-electron chi connectivity index (χ0n) is 6.06. The van der Waals surface area contributed by atoms with Gasteiger partial charge in [-0.15, -0.1) is 0 Å². The number of nitrogens with one attached hydrogen (secondary N) is 1. The lowest BCUT2D eigenvalue weighted by Gasteiger charge is -1.95. The minimum atomic E-state index is 0.942. The molecule has 0 aliphatic heterocycles. The Hall–Kier alpha value is -0.830. The van der Waals surface area contributed by atoms with Crippen molar-refractivity contribution in [1.29, 1.82) is 0 Å². The number of pyridine rings is 1. The van der Waals surface area contributed by atoms with Crippen LogP contribution in [0.5, 0.6) is 0 Å². The summed E-state index contributed by atoms with van der Waals surface area (Å²) < 4.78 is 1.10. The lowest BCUT2D eigenvalue weighted by molar-refractivity contribution is 1.22. The average Bonchev–Trinajstić information content (AvgIpc) is 2.34. The predicted molar refractivity (Wildman–Crippen MR) is 48.5 cm³/mol. The van der Waals surface area contributed by atoms with Gasteiger partial charge in [0.25, 0.3) is 0 Å². The summed E-state index contributed by atoms with van der Waals surface area (Å²) in [6.45, 7) is 1.98. The molecule has 0 aliphatic carbocycles. The molecule has 2 aromatic heterocycles. The molecular weight excluding hydrogens is 204 g/mol. The van der Waals surface area contributed by atoms with E-state index in [1.807, 2.05) is 25.3 Å². The SMILES string of the molecule is Cc1cc(Br)c2cc[nH]c2n1. The van der Waals surface area contributed by atoms with E-state index in [2.05, 4.69) is 25.9 Å². The van der Waals surface area contributed by atoms with E-state index < -0.39 is 0 Å². The van der Waals surface area contributed by atoms with Crippen LogP contribution in [-0.2, 0) is 0 Å². The number of hydrogen-bond acceptors (Lipinski definition) is 1. The van der Waals surface area contributed by atoms with Gasteiger partial charge in [-0.1, -0.05) is 0 Å². The van der Waals surface area contributed by atoms with E-state index in [0.29, 0.717) is 0 Å². The lowest BCUT2D eigenvalue weighted by Crippen LogP contribution is -1.81. The van der Waals surface area contributed by atoms with Gasteiger partial charge in [-0.3, -0.25) is 0 Å². The molecule has 0 fully saturated rings. The van der Waals surface area contributed by atoms with Crippen molar-refractivity contribution < 1.29 is 0 Å². The van der Waals surface area contributed by atoms with Crippen molar-refractivity contribution in [2.75, 3.05) is 0 Å². The van der Waals surface area contributed by atoms with Crippen molar-refractivity contribution in [3.05, 3.63) is 28.5 Å². The van der Waals surface area contributed by atoms with Crippen molar-refractivity contribution in [2.24, 2.45) is 0 Å². The topological polar surface area (TPSA) is 28.7 Å². The molecule has 11 heavy (non-hydrogen) atoms. The molecule has 0 unspecified atom stereocenters. The summed E-state index contributed by atoms with van der Waals surface area (Å²) in [6.07, 6.45) is 1.89. The fourth-order valence-corrected chi connectivity index (χ4v) is 1.77. The number of aryl methyl sites for hydroxylation is 1. The maximum absolute atomic E-state index is 4.31. The normalized spacial score (nSPS) is 10.7. The van der Waals surface area contributed by atoms with Crippen molar-refractivity contribution in [3.63, 3.8) is 0 Å². The zero-order chi connectivity index (χ0) is 7.84. The summed E-state index contributed by atoms with van der Waals surface area (Å²) in [5.41, 5.74) is 1.96. The highest BCUT2D eigenvalue weighted by Crippen LogP contribution is 2.21. The average molecular weight is 211 g/mol. The van der Waals surface area contributed by atoms with E-state index in [-0.39, 0.29) is 0 Å². The van der Waals surface area contributed by atoms with Gasteiger partial charge < -0.3 is 4.98 Å². The summed E-state index contributed by atoms with van der Waals surface area (Å²) in [5, 5.41) is 1.13. The number of hydrogen-bond donors (Lipinski definition) is 1. The molecule has 0 saturated carbocycles. The van der Waals surface area contributed by atoms with E-state index >= 15 is 0 Å². The first kappa shape index (κ1) is 6.85. The molecule has 0 radical (unpaired) electrons. The fourth-order valence-electron chi connectivity index (χ4n) is 1.12. The van der Waals surface area contributed by atoms with Crippen LogP contribution in [0.25, 0.3) is 11.0 Å². The Morgan fingerprint density at radius 3 is 3.18 bits per heavy atom. The number of H-pyrrole nitrogens is 1. The molecule has 0 amide bonds. The van der Waals surface area contributed by atoms with Crippen LogP contribution >= 0.6 is 15.9 Å². The van der Waals surface area contributed by atoms with Crippen molar-refractivity contribution in [2.45, 2.75) is 6.92 Å². The molecule has 0 bridgehead atoms. The standard InChI is InChI=1S/C8H7BrN2/c1-5-4-7(9)6-2-3-10-8(6)11-5/h2-4H,1H3,(H,10,11). The Labute approximate surface area is 72.8 Å². The third-order valence-electron chi connectivity index (χ3n) is 1.61. The molecule has 2 nitrogen and oxygen atoms in total. The molecule has 0 atom stereocenters. The summed E-state index contributed by atoms with van der Waals surface area (Å²) in [6, 6.07) is 4.02. The van der Waals surface area contributed by atoms with Crippen LogP contribution in [0.1, 0.15) is 5.69 Å². The van der Waals surface area contributed by atoms with Crippen molar-refractivity contribution in [1.82, 2.24) is 9.97 Å². The number of halogens is 1.